The van der Waals surface area contributed by atoms with Crippen molar-refractivity contribution >= 4 is 0 Å². The first-order chi connectivity index (χ1) is 7.15. The maximum Gasteiger partial charge on any atom is 0.170 e. The molecular weight excluding hydrogens is 186 g/mol. The summed E-state index contributed by atoms with van der Waals surface area (Å²) >= 11 is 0. The second-order valence-corrected chi connectivity index (χ2v) is 3.74. The Morgan fingerprint density at radius 1 is 1.40 bits per heavy atom. The fraction of sp³-hybridized carbons (Fsp3) is 0.385. The van der Waals surface area contributed by atoms with Crippen LogP contribution in [0.1, 0.15) is 12.5 Å². The van der Waals surface area contributed by atoms with E-state index in [0.717, 1.165) is 6.42 Å². The minimum Gasteiger partial charge on any atom is -0.367 e. The van der Waals surface area contributed by atoms with E-state index in [1.54, 1.807) is 4.90 Å². The molecule has 1 aromatic carbocycles. The van der Waals surface area contributed by atoms with Gasteiger partial charge in [-0.3, -0.25) is 4.90 Å². The lowest BCUT2D eigenvalue weighted by atomic mass is 10.1. The largest absolute Gasteiger partial charge is 0.367 e. The first kappa shape index (κ1) is 11.8. The Balaban J connectivity index is 2.57. The van der Waals surface area contributed by atoms with Crippen molar-refractivity contribution in [3.63, 3.8) is 0 Å². The highest BCUT2D eigenvalue weighted by atomic mass is 16.3. The van der Waals surface area contributed by atoms with E-state index in [1.807, 2.05) is 32.2 Å². The molecule has 0 bridgehead atoms. The molecule has 2 unspecified atom stereocenters. The molecule has 80 valence electrons. The van der Waals surface area contributed by atoms with E-state index in [2.05, 4.69) is 18.1 Å². The summed E-state index contributed by atoms with van der Waals surface area (Å²) in [7, 11) is 1.83. The summed E-state index contributed by atoms with van der Waals surface area (Å²) in [6, 6.07) is 10.4. The standard InChI is InChI=1S/C13H17NO/c1-4-13(15)14(3)11(2)10-12-8-6-5-7-9-12/h1,5-9,11,13,15H,10H2,2-3H3. The molecule has 0 aliphatic carbocycles. The zero-order valence-electron chi connectivity index (χ0n) is 9.22. The van der Waals surface area contributed by atoms with Gasteiger partial charge in [-0.05, 0) is 26.0 Å². The second kappa shape index (κ2) is 5.55. The van der Waals surface area contributed by atoms with Crippen LogP contribution in [0.15, 0.2) is 30.3 Å². The lowest BCUT2D eigenvalue weighted by molar-refractivity contribution is 0.0435. The Morgan fingerprint density at radius 2 is 2.00 bits per heavy atom. The fourth-order valence-electron chi connectivity index (χ4n) is 1.46. The van der Waals surface area contributed by atoms with Crippen molar-refractivity contribution in [2.24, 2.45) is 0 Å². The van der Waals surface area contributed by atoms with Gasteiger partial charge in [0.15, 0.2) is 6.23 Å². The van der Waals surface area contributed by atoms with Gasteiger partial charge in [0, 0.05) is 6.04 Å². The van der Waals surface area contributed by atoms with Gasteiger partial charge in [0.25, 0.3) is 0 Å². The molecule has 0 aliphatic heterocycles. The van der Waals surface area contributed by atoms with Crippen LogP contribution in [0.25, 0.3) is 0 Å². The maximum atomic E-state index is 9.46. The van der Waals surface area contributed by atoms with Crippen molar-refractivity contribution < 1.29 is 5.11 Å². The Kier molecular flexibility index (Phi) is 4.36. The highest BCUT2D eigenvalue weighted by Gasteiger charge is 2.15. The third-order valence-electron chi connectivity index (χ3n) is 2.60. The average Bonchev–Trinajstić information content (AvgIpc) is 2.28. The summed E-state index contributed by atoms with van der Waals surface area (Å²) < 4.78 is 0. The molecule has 0 spiro atoms. The molecule has 0 fully saturated rings. The molecular formula is C13H17NO. The van der Waals surface area contributed by atoms with Crippen LogP contribution in [-0.4, -0.2) is 29.3 Å². The number of nitrogens with zero attached hydrogens (tertiary/aromatic N) is 1. The van der Waals surface area contributed by atoms with Crippen LogP contribution >= 0.6 is 0 Å². The molecule has 1 aromatic rings. The lowest BCUT2D eigenvalue weighted by Gasteiger charge is -2.26. The topological polar surface area (TPSA) is 23.5 Å². The van der Waals surface area contributed by atoms with Crippen LogP contribution in [0.4, 0.5) is 0 Å². The van der Waals surface area contributed by atoms with Gasteiger partial charge in [-0.15, -0.1) is 6.42 Å². The number of rotatable bonds is 4. The Labute approximate surface area is 91.5 Å². The average molecular weight is 203 g/mol. The predicted octanol–water partition coefficient (Wildman–Crippen LogP) is 1.50. The van der Waals surface area contributed by atoms with Crippen molar-refractivity contribution in [3.05, 3.63) is 35.9 Å². The molecule has 2 atom stereocenters. The maximum absolute atomic E-state index is 9.46. The smallest absolute Gasteiger partial charge is 0.170 e. The molecule has 0 saturated heterocycles. The summed E-state index contributed by atoms with van der Waals surface area (Å²) in [5, 5.41) is 9.46. The van der Waals surface area contributed by atoms with Crippen LogP contribution in [0.5, 0.6) is 0 Å². The van der Waals surface area contributed by atoms with Crippen LogP contribution in [-0.2, 0) is 6.42 Å². The van der Waals surface area contributed by atoms with E-state index in [4.69, 9.17) is 6.42 Å². The molecule has 2 nitrogen and oxygen atoms in total. The van der Waals surface area contributed by atoms with Crippen LogP contribution < -0.4 is 0 Å². The SMILES string of the molecule is C#CC(O)N(C)C(C)Cc1ccccc1. The van der Waals surface area contributed by atoms with Crippen molar-refractivity contribution in [1.29, 1.82) is 0 Å². The van der Waals surface area contributed by atoms with Crippen molar-refractivity contribution in [2.75, 3.05) is 7.05 Å². The number of hydrogen-bond donors (Lipinski definition) is 1. The van der Waals surface area contributed by atoms with Gasteiger partial charge in [0.2, 0.25) is 0 Å². The van der Waals surface area contributed by atoms with Crippen molar-refractivity contribution in [2.45, 2.75) is 25.6 Å². The van der Waals surface area contributed by atoms with Gasteiger partial charge in [-0.1, -0.05) is 36.3 Å². The molecule has 0 saturated carbocycles. The molecule has 0 aromatic heterocycles. The van der Waals surface area contributed by atoms with Gasteiger partial charge in [-0.25, -0.2) is 0 Å². The summed E-state index contributed by atoms with van der Waals surface area (Å²) in [4.78, 5) is 1.78. The van der Waals surface area contributed by atoms with Gasteiger partial charge in [0.05, 0.1) is 0 Å². The lowest BCUT2D eigenvalue weighted by Crippen LogP contribution is -2.38. The molecule has 0 radical (unpaired) electrons. The molecule has 1 N–H and O–H groups in total. The van der Waals surface area contributed by atoms with E-state index in [-0.39, 0.29) is 6.04 Å². The van der Waals surface area contributed by atoms with E-state index in [9.17, 15) is 5.11 Å². The van der Waals surface area contributed by atoms with Crippen LogP contribution in [0.2, 0.25) is 0 Å². The number of likely N-dealkylation sites (N-methyl/N-ethyl adjacent to an activating group) is 1. The Morgan fingerprint density at radius 3 is 2.53 bits per heavy atom. The number of terminal acetylenes is 1. The number of benzene rings is 1. The Bertz CT molecular complexity index is 328. The Hall–Kier alpha value is -1.30. The van der Waals surface area contributed by atoms with E-state index >= 15 is 0 Å². The summed E-state index contributed by atoms with van der Waals surface area (Å²) in [5.41, 5.74) is 1.25. The second-order valence-electron chi connectivity index (χ2n) is 3.74. The quantitative estimate of drug-likeness (QED) is 0.592. The van der Waals surface area contributed by atoms with Gasteiger partial charge < -0.3 is 5.11 Å². The zero-order chi connectivity index (χ0) is 11.3. The van der Waals surface area contributed by atoms with E-state index < -0.39 is 6.23 Å². The van der Waals surface area contributed by atoms with Crippen LogP contribution in [0.3, 0.4) is 0 Å². The van der Waals surface area contributed by atoms with Gasteiger partial charge in [0.1, 0.15) is 0 Å². The number of hydrogen-bond acceptors (Lipinski definition) is 2. The number of aliphatic hydroxyl groups excluding tert-OH is 1. The minimum atomic E-state index is -0.802. The van der Waals surface area contributed by atoms with Gasteiger partial charge >= 0.3 is 0 Å². The van der Waals surface area contributed by atoms with Crippen molar-refractivity contribution in [3.8, 4) is 12.3 Å². The van der Waals surface area contributed by atoms with Crippen LogP contribution in [0, 0.1) is 12.3 Å². The molecule has 1 rings (SSSR count). The van der Waals surface area contributed by atoms with Crippen molar-refractivity contribution in [1.82, 2.24) is 4.90 Å². The molecule has 15 heavy (non-hydrogen) atoms. The zero-order valence-corrected chi connectivity index (χ0v) is 9.22. The predicted molar refractivity (Wildman–Crippen MR) is 62.2 cm³/mol. The summed E-state index contributed by atoms with van der Waals surface area (Å²) in [6.45, 7) is 2.05. The highest BCUT2D eigenvalue weighted by Crippen LogP contribution is 2.08. The monoisotopic (exact) mass is 203 g/mol. The van der Waals surface area contributed by atoms with E-state index in [1.165, 1.54) is 5.56 Å². The summed E-state index contributed by atoms with van der Waals surface area (Å²) in [5.74, 6) is 2.31. The highest BCUT2D eigenvalue weighted by molar-refractivity contribution is 5.15. The number of aliphatic hydroxyl groups is 1. The first-order valence-electron chi connectivity index (χ1n) is 5.05. The third kappa shape index (κ3) is 3.39. The third-order valence-corrected chi connectivity index (χ3v) is 2.60. The molecule has 0 aliphatic rings. The molecule has 2 heteroatoms. The van der Waals surface area contributed by atoms with Gasteiger partial charge in [-0.2, -0.15) is 0 Å². The minimum absolute atomic E-state index is 0.221. The molecule has 0 heterocycles. The fourth-order valence-corrected chi connectivity index (χ4v) is 1.46. The first-order valence-corrected chi connectivity index (χ1v) is 5.05. The molecule has 0 amide bonds. The normalized spacial score (nSPS) is 14.6. The van der Waals surface area contributed by atoms with E-state index in [0.29, 0.717) is 0 Å². The summed E-state index contributed by atoms with van der Waals surface area (Å²) in [6.07, 6.45) is 5.25.